The highest BCUT2D eigenvalue weighted by atomic mass is 32.2. The molecule has 1 amide bonds. The fourth-order valence-electron chi connectivity index (χ4n) is 1.33. The number of thioether (sulfide) groups is 1. The number of ether oxygens (including phenoxy) is 1. The number of carbonyl (C=O) groups is 2. The lowest BCUT2D eigenvalue weighted by Crippen LogP contribution is -2.20. The second-order valence-electron chi connectivity index (χ2n) is 3.63. The van der Waals surface area contributed by atoms with Crippen LogP contribution in [0.25, 0.3) is 0 Å². The Morgan fingerprint density at radius 3 is 2.72 bits per heavy atom. The Labute approximate surface area is 111 Å². The highest BCUT2D eigenvalue weighted by Crippen LogP contribution is 2.18. The first-order chi connectivity index (χ1) is 8.65. The van der Waals surface area contributed by atoms with E-state index >= 15 is 0 Å². The molecule has 0 aliphatic rings. The van der Waals surface area contributed by atoms with E-state index in [-0.39, 0.29) is 11.7 Å². The Hall–Kier alpha value is -1.49. The summed E-state index contributed by atoms with van der Waals surface area (Å²) in [5.74, 6) is 1.73. The van der Waals surface area contributed by atoms with Crippen molar-refractivity contribution in [3.8, 4) is 5.75 Å². The lowest BCUT2D eigenvalue weighted by Gasteiger charge is -2.09. The molecule has 0 aliphatic carbocycles. The van der Waals surface area contributed by atoms with Crippen molar-refractivity contribution in [3.63, 3.8) is 0 Å². The fraction of sp³-hybridized carbons (Fsp3) is 0.385. The quantitative estimate of drug-likeness (QED) is 0.604. The van der Waals surface area contributed by atoms with Crippen molar-refractivity contribution in [1.29, 1.82) is 0 Å². The summed E-state index contributed by atoms with van der Waals surface area (Å²) in [4.78, 5) is 22.3. The average molecular weight is 267 g/mol. The number of benzene rings is 1. The van der Waals surface area contributed by atoms with Crippen LogP contribution in [0.15, 0.2) is 24.3 Å². The topological polar surface area (TPSA) is 55.4 Å². The van der Waals surface area contributed by atoms with Crippen molar-refractivity contribution in [2.45, 2.75) is 6.92 Å². The van der Waals surface area contributed by atoms with Crippen LogP contribution in [-0.2, 0) is 4.79 Å². The Balaban J connectivity index is 2.35. The summed E-state index contributed by atoms with van der Waals surface area (Å²) in [6, 6.07) is 7.17. The molecule has 1 N–H and O–H groups in total. The highest BCUT2D eigenvalue weighted by Gasteiger charge is 2.07. The summed E-state index contributed by atoms with van der Waals surface area (Å²) >= 11 is 1.50. The maximum absolute atomic E-state index is 11.3. The third-order valence-electron chi connectivity index (χ3n) is 2.26. The lowest BCUT2D eigenvalue weighted by atomic mass is 10.1. The van der Waals surface area contributed by atoms with Gasteiger partial charge < -0.3 is 10.1 Å². The first-order valence-electron chi connectivity index (χ1n) is 5.66. The largest absolute Gasteiger partial charge is 0.492 e. The molecular weight excluding hydrogens is 250 g/mol. The molecule has 0 heterocycles. The van der Waals surface area contributed by atoms with Gasteiger partial charge in [0.25, 0.3) is 0 Å². The molecule has 0 saturated carbocycles. The van der Waals surface area contributed by atoms with Crippen molar-refractivity contribution in [2.75, 3.05) is 25.2 Å². The van der Waals surface area contributed by atoms with E-state index in [4.69, 9.17) is 4.74 Å². The van der Waals surface area contributed by atoms with Gasteiger partial charge in [0.15, 0.2) is 5.78 Å². The summed E-state index contributed by atoms with van der Waals surface area (Å²) in [5.41, 5.74) is 0.591. The predicted octanol–water partition coefficient (Wildman–Crippen LogP) is 1.75. The number of Topliss-reactive ketones (excluding diaryl/α,β-unsaturated/α-hetero) is 1. The van der Waals surface area contributed by atoms with E-state index in [0.29, 0.717) is 29.4 Å². The summed E-state index contributed by atoms with van der Waals surface area (Å²) in [7, 11) is 1.61. The minimum Gasteiger partial charge on any atom is -0.492 e. The van der Waals surface area contributed by atoms with Crippen molar-refractivity contribution >= 4 is 23.5 Å². The van der Waals surface area contributed by atoms with Gasteiger partial charge in [-0.05, 0) is 19.1 Å². The minimum atomic E-state index is -0.0105. The van der Waals surface area contributed by atoms with E-state index in [9.17, 15) is 9.59 Å². The molecule has 1 aromatic carbocycles. The van der Waals surface area contributed by atoms with Gasteiger partial charge in [0.1, 0.15) is 5.75 Å². The van der Waals surface area contributed by atoms with Crippen molar-refractivity contribution in [1.82, 2.24) is 5.32 Å². The number of hydrogen-bond acceptors (Lipinski definition) is 4. The molecule has 1 aromatic rings. The number of rotatable bonds is 7. The SMILES string of the molecule is CNC(=O)CSCCOc1ccccc1C(C)=O. The normalized spacial score (nSPS) is 9.89. The summed E-state index contributed by atoms with van der Waals surface area (Å²) in [6.45, 7) is 1.99. The second kappa shape index (κ2) is 7.76. The van der Waals surface area contributed by atoms with Gasteiger partial charge in [0, 0.05) is 12.8 Å². The monoisotopic (exact) mass is 267 g/mol. The highest BCUT2D eigenvalue weighted by molar-refractivity contribution is 7.99. The Kier molecular flexibility index (Phi) is 6.28. The van der Waals surface area contributed by atoms with Crippen molar-refractivity contribution in [3.05, 3.63) is 29.8 Å². The zero-order valence-electron chi connectivity index (χ0n) is 10.6. The molecule has 0 radical (unpaired) electrons. The van der Waals surface area contributed by atoms with Crippen LogP contribution >= 0.6 is 11.8 Å². The first-order valence-corrected chi connectivity index (χ1v) is 6.81. The molecule has 0 fully saturated rings. The van der Waals surface area contributed by atoms with Crippen LogP contribution in [0.5, 0.6) is 5.75 Å². The zero-order chi connectivity index (χ0) is 13.4. The average Bonchev–Trinajstić information content (AvgIpc) is 2.38. The minimum absolute atomic E-state index is 0.00383. The second-order valence-corrected chi connectivity index (χ2v) is 4.73. The van der Waals surface area contributed by atoms with Gasteiger partial charge in [0.2, 0.25) is 5.91 Å². The standard InChI is InChI=1S/C13H17NO3S/c1-10(15)11-5-3-4-6-12(11)17-7-8-18-9-13(16)14-2/h3-6H,7-9H2,1-2H3,(H,14,16). The molecule has 0 spiro atoms. The molecule has 5 heteroatoms. The van der Waals surface area contributed by atoms with Crippen LogP contribution < -0.4 is 10.1 Å². The van der Waals surface area contributed by atoms with Gasteiger partial charge in [-0.25, -0.2) is 0 Å². The molecule has 0 aromatic heterocycles. The number of hydrogen-bond donors (Lipinski definition) is 1. The zero-order valence-corrected chi connectivity index (χ0v) is 11.4. The van der Waals surface area contributed by atoms with Crippen LogP contribution in [0.3, 0.4) is 0 Å². The summed E-state index contributed by atoms with van der Waals surface area (Å²) in [6.07, 6.45) is 0. The third-order valence-corrected chi connectivity index (χ3v) is 3.19. The molecule has 0 atom stereocenters. The predicted molar refractivity (Wildman–Crippen MR) is 73.3 cm³/mol. The smallest absolute Gasteiger partial charge is 0.229 e. The number of nitrogens with one attached hydrogen (secondary N) is 1. The van der Waals surface area contributed by atoms with E-state index in [1.54, 1.807) is 19.2 Å². The maximum atomic E-state index is 11.3. The lowest BCUT2D eigenvalue weighted by molar-refractivity contribution is -0.118. The van der Waals surface area contributed by atoms with E-state index in [1.165, 1.54) is 18.7 Å². The molecule has 1 rings (SSSR count). The van der Waals surface area contributed by atoms with Crippen LogP contribution in [-0.4, -0.2) is 36.9 Å². The van der Waals surface area contributed by atoms with Crippen LogP contribution in [0.2, 0.25) is 0 Å². The van der Waals surface area contributed by atoms with Gasteiger partial charge in [0.05, 0.1) is 17.9 Å². The van der Waals surface area contributed by atoms with E-state index < -0.39 is 0 Å². The van der Waals surface area contributed by atoms with Gasteiger partial charge >= 0.3 is 0 Å². The Morgan fingerprint density at radius 1 is 1.33 bits per heavy atom. The molecule has 0 aliphatic heterocycles. The van der Waals surface area contributed by atoms with Crippen LogP contribution in [0.1, 0.15) is 17.3 Å². The molecular formula is C13H17NO3S. The number of para-hydroxylation sites is 1. The molecule has 4 nitrogen and oxygen atoms in total. The number of amides is 1. The molecule has 98 valence electrons. The third kappa shape index (κ3) is 4.79. The number of ketones is 1. The van der Waals surface area contributed by atoms with Crippen LogP contribution in [0, 0.1) is 0 Å². The first kappa shape index (κ1) is 14.6. The molecule has 0 saturated heterocycles. The fourth-order valence-corrected chi connectivity index (χ4v) is 2.01. The summed E-state index contributed by atoms with van der Waals surface area (Å²) < 4.78 is 5.54. The molecule has 0 bridgehead atoms. The van der Waals surface area contributed by atoms with Crippen molar-refractivity contribution < 1.29 is 14.3 Å². The van der Waals surface area contributed by atoms with E-state index in [0.717, 1.165) is 0 Å². The van der Waals surface area contributed by atoms with Gasteiger partial charge in [-0.2, -0.15) is 0 Å². The van der Waals surface area contributed by atoms with E-state index in [1.807, 2.05) is 12.1 Å². The molecule has 18 heavy (non-hydrogen) atoms. The van der Waals surface area contributed by atoms with Crippen LogP contribution in [0.4, 0.5) is 0 Å². The van der Waals surface area contributed by atoms with E-state index in [2.05, 4.69) is 5.32 Å². The Morgan fingerprint density at radius 2 is 2.06 bits per heavy atom. The maximum Gasteiger partial charge on any atom is 0.229 e. The van der Waals surface area contributed by atoms with Crippen molar-refractivity contribution in [2.24, 2.45) is 0 Å². The van der Waals surface area contributed by atoms with Gasteiger partial charge in [-0.15, -0.1) is 11.8 Å². The molecule has 0 unspecified atom stereocenters. The van der Waals surface area contributed by atoms with Gasteiger partial charge in [-0.1, -0.05) is 12.1 Å². The Bertz CT molecular complexity index is 420. The van der Waals surface area contributed by atoms with Gasteiger partial charge in [-0.3, -0.25) is 9.59 Å². The summed E-state index contributed by atoms with van der Waals surface area (Å²) in [5, 5.41) is 2.55. The number of carbonyl (C=O) groups excluding carboxylic acids is 2.